The van der Waals surface area contributed by atoms with E-state index in [2.05, 4.69) is 48.7 Å². The number of benzene rings is 1. The summed E-state index contributed by atoms with van der Waals surface area (Å²) in [6.07, 6.45) is 3.05. The summed E-state index contributed by atoms with van der Waals surface area (Å²) in [6, 6.07) is 8.40. The van der Waals surface area contributed by atoms with Crippen molar-refractivity contribution in [3.8, 4) is 0 Å². The molecule has 0 heterocycles. The lowest BCUT2D eigenvalue weighted by atomic mass is 9.93. The zero-order valence-corrected chi connectivity index (χ0v) is 15.0. The summed E-state index contributed by atoms with van der Waals surface area (Å²) in [7, 11) is 0. The average molecular weight is 337 g/mol. The largest absolute Gasteiger partial charge is 0.393 e. The lowest BCUT2D eigenvalue weighted by Gasteiger charge is -2.27. The number of thioether (sulfide) groups is 1. The van der Waals surface area contributed by atoms with Crippen molar-refractivity contribution >= 4 is 17.8 Å². The standard InChI is InChI=1S/C18H28N2O2S/c1-12(2)23-17-10-4-14(5-11-17)13(3)19-18(22)20-15-6-8-16(21)9-7-15/h4-5,10-13,15-16,21H,6-9H2,1-3H3,(H2,19,20,22)/t13-,15?,16?/m1/s1. The van der Waals surface area contributed by atoms with Gasteiger partial charge in [0, 0.05) is 16.2 Å². The zero-order chi connectivity index (χ0) is 16.8. The molecule has 1 aliphatic rings. The third kappa shape index (κ3) is 6.07. The van der Waals surface area contributed by atoms with E-state index >= 15 is 0 Å². The minimum Gasteiger partial charge on any atom is -0.393 e. The van der Waals surface area contributed by atoms with Crippen LogP contribution in [0.3, 0.4) is 0 Å². The van der Waals surface area contributed by atoms with Gasteiger partial charge in [-0.05, 0) is 50.3 Å². The van der Waals surface area contributed by atoms with Crippen molar-refractivity contribution in [3.63, 3.8) is 0 Å². The maximum Gasteiger partial charge on any atom is 0.315 e. The Balaban J connectivity index is 1.81. The minimum atomic E-state index is -0.197. The molecule has 0 aromatic heterocycles. The first-order chi connectivity index (χ1) is 10.9. The maximum absolute atomic E-state index is 12.1. The highest BCUT2D eigenvalue weighted by Crippen LogP contribution is 2.24. The van der Waals surface area contributed by atoms with Crippen molar-refractivity contribution in [2.75, 3.05) is 0 Å². The number of hydrogen-bond acceptors (Lipinski definition) is 3. The number of urea groups is 1. The topological polar surface area (TPSA) is 61.4 Å². The van der Waals surface area contributed by atoms with Crippen LogP contribution in [0.5, 0.6) is 0 Å². The molecule has 0 saturated heterocycles. The van der Waals surface area contributed by atoms with Crippen LogP contribution in [0.1, 0.15) is 58.1 Å². The molecule has 3 N–H and O–H groups in total. The van der Waals surface area contributed by atoms with Crippen LogP contribution in [0, 0.1) is 0 Å². The molecule has 0 aliphatic heterocycles. The van der Waals surface area contributed by atoms with Gasteiger partial charge in [0.05, 0.1) is 12.1 Å². The van der Waals surface area contributed by atoms with Gasteiger partial charge < -0.3 is 15.7 Å². The molecule has 23 heavy (non-hydrogen) atoms. The summed E-state index contributed by atoms with van der Waals surface area (Å²) in [5.74, 6) is 0. The molecule has 1 atom stereocenters. The van der Waals surface area contributed by atoms with E-state index in [9.17, 15) is 9.90 Å². The lowest BCUT2D eigenvalue weighted by Crippen LogP contribution is -2.44. The van der Waals surface area contributed by atoms with E-state index in [1.807, 2.05) is 18.7 Å². The molecule has 4 nitrogen and oxygen atoms in total. The van der Waals surface area contributed by atoms with Crippen LogP contribution in [0.4, 0.5) is 4.79 Å². The highest BCUT2D eigenvalue weighted by atomic mass is 32.2. The molecule has 1 fully saturated rings. The van der Waals surface area contributed by atoms with Gasteiger partial charge in [0.15, 0.2) is 0 Å². The maximum atomic E-state index is 12.1. The van der Waals surface area contributed by atoms with Gasteiger partial charge in [-0.15, -0.1) is 11.8 Å². The van der Waals surface area contributed by atoms with Gasteiger partial charge in [-0.2, -0.15) is 0 Å². The van der Waals surface area contributed by atoms with E-state index in [4.69, 9.17) is 0 Å². The van der Waals surface area contributed by atoms with Crippen molar-refractivity contribution in [1.29, 1.82) is 0 Å². The number of aliphatic hydroxyl groups is 1. The molecular formula is C18H28N2O2S. The van der Waals surface area contributed by atoms with Crippen molar-refractivity contribution in [2.45, 2.75) is 74.8 Å². The number of carbonyl (C=O) groups is 1. The predicted octanol–water partition coefficient (Wildman–Crippen LogP) is 3.85. The number of amides is 2. The third-order valence-electron chi connectivity index (χ3n) is 4.13. The van der Waals surface area contributed by atoms with E-state index in [1.165, 1.54) is 4.90 Å². The zero-order valence-electron chi connectivity index (χ0n) is 14.2. The molecule has 1 saturated carbocycles. The molecule has 5 heteroatoms. The van der Waals surface area contributed by atoms with Crippen LogP contribution in [0.2, 0.25) is 0 Å². The first-order valence-electron chi connectivity index (χ1n) is 8.45. The van der Waals surface area contributed by atoms with E-state index < -0.39 is 0 Å². The molecule has 0 bridgehead atoms. The second-order valence-electron chi connectivity index (χ2n) is 6.58. The van der Waals surface area contributed by atoms with Crippen molar-refractivity contribution in [3.05, 3.63) is 29.8 Å². The van der Waals surface area contributed by atoms with Gasteiger partial charge in [-0.25, -0.2) is 4.79 Å². The van der Waals surface area contributed by atoms with E-state index in [-0.39, 0.29) is 24.2 Å². The smallest absolute Gasteiger partial charge is 0.315 e. The normalized spacial score (nSPS) is 22.7. The summed E-state index contributed by atoms with van der Waals surface area (Å²) < 4.78 is 0. The van der Waals surface area contributed by atoms with Crippen molar-refractivity contribution in [1.82, 2.24) is 10.6 Å². The van der Waals surface area contributed by atoms with Crippen LogP contribution in [0.15, 0.2) is 29.2 Å². The van der Waals surface area contributed by atoms with Crippen LogP contribution >= 0.6 is 11.8 Å². The van der Waals surface area contributed by atoms with Gasteiger partial charge in [0.25, 0.3) is 0 Å². The second-order valence-corrected chi connectivity index (χ2v) is 8.23. The second kappa shape index (κ2) is 8.60. The van der Waals surface area contributed by atoms with Crippen LogP contribution in [-0.4, -0.2) is 28.5 Å². The summed E-state index contributed by atoms with van der Waals surface area (Å²) in [4.78, 5) is 13.4. The molecule has 0 radical (unpaired) electrons. The number of nitrogens with one attached hydrogen (secondary N) is 2. The van der Waals surface area contributed by atoms with Gasteiger partial charge in [-0.1, -0.05) is 26.0 Å². The first-order valence-corrected chi connectivity index (χ1v) is 9.33. The Morgan fingerprint density at radius 3 is 2.30 bits per heavy atom. The van der Waals surface area contributed by atoms with E-state index in [0.29, 0.717) is 5.25 Å². The van der Waals surface area contributed by atoms with Gasteiger partial charge in [0.2, 0.25) is 0 Å². The van der Waals surface area contributed by atoms with Gasteiger partial charge >= 0.3 is 6.03 Å². The van der Waals surface area contributed by atoms with Crippen molar-refractivity contribution < 1.29 is 9.90 Å². The fourth-order valence-electron chi connectivity index (χ4n) is 2.83. The van der Waals surface area contributed by atoms with E-state index in [0.717, 1.165) is 31.2 Å². The fraction of sp³-hybridized carbons (Fsp3) is 0.611. The SMILES string of the molecule is CC(C)Sc1ccc([C@@H](C)NC(=O)NC2CCC(O)CC2)cc1. The number of aliphatic hydroxyl groups excluding tert-OH is 1. The molecule has 1 aromatic carbocycles. The minimum absolute atomic E-state index is 0.0257. The Morgan fingerprint density at radius 2 is 1.74 bits per heavy atom. The summed E-state index contributed by atoms with van der Waals surface area (Å²) in [5.41, 5.74) is 1.10. The number of carbonyl (C=O) groups excluding carboxylic acids is 1. The molecule has 2 amide bonds. The van der Waals surface area contributed by atoms with Crippen LogP contribution in [0.25, 0.3) is 0 Å². The number of rotatable bonds is 5. The highest BCUT2D eigenvalue weighted by molar-refractivity contribution is 7.99. The Bertz CT molecular complexity index is 496. The predicted molar refractivity (Wildman–Crippen MR) is 95.8 cm³/mol. The lowest BCUT2D eigenvalue weighted by molar-refractivity contribution is 0.117. The van der Waals surface area contributed by atoms with E-state index in [1.54, 1.807) is 0 Å². The molecule has 1 aliphatic carbocycles. The first kappa shape index (κ1) is 18.1. The molecule has 1 aromatic rings. The molecular weight excluding hydrogens is 308 g/mol. The molecule has 2 rings (SSSR count). The fourth-order valence-corrected chi connectivity index (χ4v) is 3.67. The van der Waals surface area contributed by atoms with Crippen LogP contribution in [-0.2, 0) is 0 Å². The van der Waals surface area contributed by atoms with Gasteiger partial charge in [0.1, 0.15) is 0 Å². The Morgan fingerprint density at radius 1 is 1.13 bits per heavy atom. The Kier molecular flexibility index (Phi) is 6.78. The van der Waals surface area contributed by atoms with Gasteiger partial charge in [-0.3, -0.25) is 0 Å². The Hall–Kier alpha value is -1.20. The molecule has 0 unspecified atom stereocenters. The van der Waals surface area contributed by atoms with Crippen molar-refractivity contribution in [2.24, 2.45) is 0 Å². The highest BCUT2D eigenvalue weighted by Gasteiger charge is 2.21. The third-order valence-corrected chi connectivity index (χ3v) is 5.15. The average Bonchev–Trinajstić information content (AvgIpc) is 2.49. The molecule has 128 valence electrons. The molecule has 0 spiro atoms. The summed E-state index contributed by atoms with van der Waals surface area (Å²) >= 11 is 1.84. The number of hydrogen-bond donors (Lipinski definition) is 3. The summed E-state index contributed by atoms with van der Waals surface area (Å²) in [6.45, 7) is 6.35. The van der Waals surface area contributed by atoms with Crippen LogP contribution < -0.4 is 10.6 Å². The monoisotopic (exact) mass is 336 g/mol. The summed E-state index contributed by atoms with van der Waals surface area (Å²) in [5, 5.41) is 16.1. The Labute approximate surface area is 143 Å². The quantitative estimate of drug-likeness (QED) is 0.716.